The second-order valence-corrected chi connectivity index (χ2v) is 9.00. The summed E-state index contributed by atoms with van der Waals surface area (Å²) in [7, 11) is -2.18. The predicted octanol–water partition coefficient (Wildman–Crippen LogP) is 3.93. The lowest BCUT2D eigenvalue weighted by molar-refractivity contribution is 0.0985. The Morgan fingerprint density at radius 1 is 1.03 bits per heavy atom. The second kappa shape index (κ2) is 9.41. The maximum atomic E-state index is 13.3. The highest BCUT2D eigenvalue weighted by atomic mass is 32.2. The molecule has 1 fully saturated rings. The molecular formula is C22H28N2O4S. The zero-order valence-electron chi connectivity index (χ0n) is 17.0. The average Bonchev–Trinajstić information content (AvgIpc) is 3.04. The van der Waals surface area contributed by atoms with E-state index in [0.29, 0.717) is 25.4 Å². The van der Waals surface area contributed by atoms with Gasteiger partial charge in [0.25, 0.3) is 5.91 Å². The van der Waals surface area contributed by atoms with Gasteiger partial charge in [-0.2, -0.15) is 4.31 Å². The number of rotatable bonds is 6. The molecule has 0 atom stereocenters. The molecule has 0 N–H and O–H groups in total. The van der Waals surface area contributed by atoms with Gasteiger partial charge in [0.05, 0.1) is 17.6 Å². The molecule has 7 heteroatoms. The number of hydrogen-bond acceptors (Lipinski definition) is 4. The molecule has 2 aromatic carbocycles. The van der Waals surface area contributed by atoms with E-state index in [0.717, 1.165) is 31.4 Å². The SMILES string of the molecule is CCN(C(=O)c1cc(S(=O)(=O)N2CCCCCC2)ccc1OC)c1ccccc1. The van der Waals surface area contributed by atoms with Crippen molar-refractivity contribution in [2.24, 2.45) is 0 Å². The van der Waals surface area contributed by atoms with E-state index in [9.17, 15) is 13.2 Å². The number of anilines is 1. The lowest BCUT2D eigenvalue weighted by atomic mass is 10.1. The van der Waals surface area contributed by atoms with Crippen molar-refractivity contribution in [3.05, 3.63) is 54.1 Å². The summed E-state index contributed by atoms with van der Waals surface area (Å²) in [4.78, 5) is 15.0. The van der Waals surface area contributed by atoms with Gasteiger partial charge in [-0.15, -0.1) is 0 Å². The van der Waals surface area contributed by atoms with Crippen molar-refractivity contribution in [2.75, 3.05) is 31.6 Å². The van der Waals surface area contributed by atoms with Crippen LogP contribution in [0.25, 0.3) is 0 Å². The summed E-state index contributed by atoms with van der Waals surface area (Å²) < 4.78 is 33.3. The number of para-hydroxylation sites is 1. The third-order valence-corrected chi connectivity index (χ3v) is 7.13. The van der Waals surface area contributed by atoms with Crippen molar-refractivity contribution in [3.8, 4) is 5.75 Å². The number of carbonyl (C=O) groups excluding carboxylic acids is 1. The van der Waals surface area contributed by atoms with E-state index < -0.39 is 10.0 Å². The molecule has 0 bridgehead atoms. The van der Waals surface area contributed by atoms with Gasteiger partial charge in [0.2, 0.25) is 10.0 Å². The van der Waals surface area contributed by atoms with Crippen LogP contribution in [0, 0.1) is 0 Å². The molecule has 3 rings (SSSR count). The Morgan fingerprint density at radius 2 is 1.69 bits per heavy atom. The standard InChI is InChI=1S/C22H28N2O4S/c1-3-24(18-11-7-6-8-12-18)22(25)20-17-19(13-14-21(20)28-2)29(26,27)23-15-9-4-5-10-16-23/h6-8,11-14,17H,3-5,9-10,15-16H2,1-2H3. The van der Waals surface area contributed by atoms with Gasteiger partial charge in [0, 0.05) is 25.3 Å². The molecule has 0 aliphatic carbocycles. The molecular weight excluding hydrogens is 388 g/mol. The molecule has 1 aliphatic heterocycles. The van der Waals surface area contributed by atoms with Gasteiger partial charge in [-0.3, -0.25) is 4.79 Å². The summed E-state index contributed by atoms with van der Waals surface area (Å²) in [6, 6.07) is 13.9. The van der Waals surface area contributed by atoms with Crippen molar-refractivity contribution in [1.82, 2.24) is 4.31 Å². The highest BCUT2D eigenvalue weighted by molar-refractivity contribution is 7.89. The van der Waals surface area contributed by atoms with Crippen LogP contribution in [0.1, 0.15) is 43.0 Å². The first kappa shape index (κ1) is 21.3. The monoisotopic (exact) mass is 416 g/mol. The van der Waals surface area contributed by atoms with Crippen molar-refractivity contribution >= 4 is 21.6 Å². The number of sulfonamides is 1. The number of nitrogens with zero attached hydrogens (tertiary/aromatic N) is 2. The van der Waals surface area contributed by atoms with Crippen molar-refractivity contribution in [2.45, 2.75) is 37.5 Å². The van der Waals surface area contributed by atoms with Crippen molar-refractivity contribution in [1.29, 1.82) is 0 Å². The normalized spacial score (nSPS) is 15.5. The van der Waals surface area contributed by atoms with E-state index in [1.807, 2.05) is 37.3 Å². The third-order valence-electron chi connectivity index (χ3n) is 5.23. The van der Waals surface area contributed by atoms with Gasteiger partial charge in [-0.05, 0) is 50.1 Å². The number of methoxy groups -OCH3 is 1. The number of benzene rings is 2. The zero-order chi connectivity index (χ0) is 20.9. The van der Waals surface area contributed by atoms with Crippen LogP contribution in [-0.4, -0.2) is 45.4 Å². The Kier molecular flexibility index (Phi) is 6.92. The number of amides is 1. The first-order valence-corrected chi connectivity index (χ1v) is 11.5. The topological polar surface area (TPSA) is 66.9 Å². The van der Waals surface area contributed by atoms with Crippen LogP contribution in [0.3, 0.4) is 0 Å². The van der Waals surface area contributed by atoms with Crippen LogP contribution in [0.5, 0.6) is 5.75 Å². The fourth-order valence-electron chi connectivity index (χ4n) is 3.64. The van der Waals surface area contributed by atoms with E-state index >= 15 is 0 Å². The smallest absolute Gasteiger partial charge is 0.262 e. The fraction of sp³-hybridized carbons (Fsp3) is 0.409. The highest BCUT2D eigenvalue weighted by Gasteiger charge is 2.28. The lowest BCUT2D eigenvalue weighted by Gasteiger charge is -2.24. The van der Waals surface area contributed by atoms with Crippen LogP contribution >= 0.6 is 0 Å². The fourth-order valence-corrected chi connectivity index (χ4v) is 5.19. The molecule has 2 aromatic rings. The van der Waals surface area contributed by atoms with E-state index in [-0.39, 0.29) is 16.4 Å². The molecule has 0 spiro atoms. The highest BCUT2D eigenvalue weighted by Crippen LogP contribution is 2.28. The molecule has 1 aliphatic rings. The Hall–Kier alpha value is -2.38. The molecule has 0 unspecified atom stereocenters. The lowest BCUT2D eigenvalue weighted by Crippen LogP contribution is -2.33. The zero-order valence-corrected chi connectivity index (χ0v) is 17.8. The van der Waals surface area contributed by atoms with E-state index in [2.05, 4.69) is 0 Å². The second-order valence-electron chi connectivity index (χ2n) is 7.07. The summed E-state index contributed by atoms with van der Waals surface area (Å²) in [5.74, 6) is 0.0719. The van der Waals surface area contributed by atoms with Crippen molar-refractivity contribution < 1.29 is 17.9 Å². The third kappa shape index (κ3) is 4.62. The van der Waals surface area contributed by atoms with Gasteiger partial charge >= 0.3 is 0 Å². The van der Waals surface area contributed by atoms with Gasteiger partial charge in [0.15, 0.2) is 0 Å². The molecule has 1 heterocycles. The Morgan fingerprint density at radius 3 is 2.28 bits per heavy atom. The quantitative estimate of drug-likeness (QED) is 0.716. The molecule has 1 saturated heterocycles. The van der Waals surface area contributed by atoms with Crippen LogP contribution in [0.4, 0.5) is 5.69 Å². The van der Waals surface area contributed by atoms with E-state index in [1.54, 1.807) is 11.0 Å². The van der Waals surface area contributed by atoms with Gasteiger partial charge in [-0.1, -0.05) is 31.0 Å². The van der Waals surface area contributed by atoms with Gasteiger partial charge in [-0.25, -0.2) is 8.42 Å². The summed E-state index contributed by atoms with van der Waals surface area (Å²) in [6.45, 7) is 3.37. The van der Waals surface area contributed by atoms with E-state index in [4.69, 9.17) is 4.74 Å². The molecule has 1 amide bonds. The summed E-state index contributed by atoms with van der Waals surface area (Å²) >= 11 is 0. The predicted molar refractivity (Wildman–Crippen MR) is 114 cm³/mol. The molecule has 0 saturated carbocycles. The Labute approximate surface area is 173 Å². The minimum Gasteiger partial charge on any atom is -0.496 e. The Balaban J connectivity index is 1.99. The maximum Gasteiger partial charge on any atom is 0.262 e. The minimum absolute atomic E-state index is 0.132. The molecule has 0 aromatic heterocycles. The average molecular weight is 417 g/mol. The molecule has 156 valence electrons. The largest absolute Gasteiger partial charge is 0.496 e. The van der Waals surface area contributed by atoms with Crippen LogP contribution in [-0.2, 0) is 10.0 Å². The summed E-state index contributed by atoms with van der Waals surface area (Å²) in [5, 5.41) is 0. The Bertz CT molecular complexity index is 937. The van der Waals surface area contributed by atoms with Crippen LogP contribution < -0.4 is 9.64 Å². The molecule has 6 nitrogen and oxygen atoms in total. The summed E-state index contributed by atoms with van der Waals surface area (Å²) in [5.41, 5.74) is 0.997. The van der Waals surface area contributed by atoms with Gasteiger partial charge < -0.3 is 9.64 Å². The molecule has 29 heavy (non-hydrogen) atoms. The first-order chi connectivity index (χ1) is 14.0. The number of hydrogen-bond donors (Lipinski definition) is 0. The van der Waals surface area contributed by atoms with Gasteiger partial charge in [0.1, 0.15) is 5.75 Å². The maximum absolute atomic E-state index is 13.3. The summed E-state index contributed by atoms with van der Waals surface area (Å²) in [6.07, 6.45) is 3.80. The molecule has 0 radical (unpaired) electrons. The van der Waals surface area contributed by atoms with Crippen molar-refractivity contribution in [3.63, 3.8) is 0 Å². The number of ether oxygens (including phenoxy) is 1. The first-order valence-electron chi connectivity index (χ1n) is 10.0. The van der Waals surface area contributed by atoms with Crippen LogP contribution in [0.15, 0.2) is 53.4 Å². The van der Waals surface area contributed by atoms with E-state index in [1.165, 1.54) is 23.5 Å². The van der Waals surface area contributed by atoms with Crippen LogP contribution in [0.2, 0.25) is 0 Å². The minimum atomic E-state index is -3.66. The number of carbonyl (C=O) groups is 1.